The van der Waals surface area contributed by atoms with Gasteiger partial charge in [-0.25, -0.2) is 15.0 Å². The Balaban J connectivity index is 1.09. The summed E-state index contributed by atoms with van der Waals surface area (Å²) in [4.78, 5) is 18.3. The van der Waals surface area contributed by atoms with E-state index in [1.165, 1.54) is 83.2 Å². The highest BCUT2D eigenvalue weighted by atomic mass is 15.2. The van der Waals surface area contributed by atoms with Gasteiger partial charge in [0.2, 0.25) is 13.4 Å². The Hall–Kier alpha value is -8.96. The maximum Gasteiger partial charge on any atom is 0.248 e. The van der Waals surface area contributed by atoms with Gasteiger partial charge in [-0.1, -0.05) is 180 Å². The van der Waals surface area contributed by atoms with Gasteiger partial charge < -0.3 is 4.90 Å². The molecule has 9 aromatic carbocycles. The van der Waals surface area contributed by atoms with Gasteiger partial charge >= 0.3 is 0 Å². The number of aromatic nitrogens is 3. The number of benzene rings is 9. The van der Waals surface area contributed by atoms with Crippen LogP contribution in [0, 0.1) is 24.7 Å². The summed E-state index contributed by atoms with van der Waals surface area (Å²) in [7, 11) is 0. The van der Waals surface area contributed by atoms with Gasteiger partial charge in [-0.3, -0.25) is 0 Å². The second kappa shape index (κ2) is 14.3. The Bertz CT molecular complexity index is 3590. The van der Waals surface area contributed by atoms with Gasteiger partial charge in [0, 0.05) is 44.9 Å². The molecule has 6 heteroatoms. The van der Waals surface area contributed by atoms with Crippen molar-refractivity contribution in [2.24, 2.45) is 0 Å². The Labute approximate surface area is 389 Å². The molecule has 5 heterocycles. The minimum Gasteiger partial charge on any atom is -0.312 e. The SMILES string of the molecule is C#Cc1ccc(-c2ccc3c4c2-c2ccccc2B4c2cc(-c4nc(-c5ccccc5)nc(-c5ccccc5)n4)cc4c2N3c2ccc(-c3ccc(C#C)cc3)c3c2B4c2ccccc2-3)cc1. The van der Waals surface area contributed by atoms with Crippen molar-refractivity contribution in [2.75, 3.05) is 4.90 Å². The molecule has 0 bridgehead atoms. The molecule has 4 aliphatic heterocycles. The number of nitrogens with zero attached hydrogens (tertiary/aromatic N) is 4. The van der Waals surface area contributed by atoms with Crippen LogP contribution in [0.4, 0.5) is 17.1 Å². The number of fused-ring (bicyclic) bond motifs is 10. The first kappa shape index (κ1) is 37.4. The molecule has 10 aromatic rings. The second-order valence-electron chi connectivity index (χ2n) is 17.7. The summed E-state index contributed by atoms with van der Waals surface area (Å²) in [6.45, 7) is -0.0987. The summed E-state index contributed by atoms with van der Waals surface area (Å²) in [5.74, 6) is 7.52. The molecule has 4 aliphatic rings. The van der Waals surface area contributed by atoms with Gasteiger partial charge in [-0.05, 0) is 103 Å². The van der Waals surface area contributed by atoms with Gasteiger partial charge in [-0.2, -0.15) is 0 Å². The highest BCUT2D eigenvalue weighted by molar-refractivity contribution is 7.05. The molecule has 4 nitrogen and oxygen atoms in total. The predicted molar refractivity (Wildman–Crippen MR) is 278 cm³/mol. The van der Waals surface area contributed by atoms with Gasteiger partial charge in [0.25, 0.3) is 0 Å². The molecule has 0 radical (unpaired) electrons. The largest absolute Gasteiger partial charge is 0.312 e. The lowest BCUT2D eigenvalue weighted by Crippen LogP contribution is -2.63. The van der Waals surface area contributed by atoms with E-state index < -0.39 is 0 Å². The van der Waals surface area contributed by atoms with Crippen molar-refractivity contribution in [2.45, 2.75) is 0 Å². The van der Waals surface area contributed by atoms with Crippen LogP contribution in [0.3, 0.4) is 0 Å². The molecule has 0 unspecified atom stereocenters. The summed E-state index contributed by atoms with van der Waals surface area (Å²) in [6.07, 6.45) is 11.7. The predicted octanol–water partition coefficient (Wildman–Crippen LogP) is 9.26. The fourth-order valence-electron chi connectivity index (χ4n) is 11.5. The number of rotatable bonds is 5. The number of terminal acetylenes is 2. The van der Waals surface area contributed by atoms with E-state index in [2.05, 4.69) is 150 Å². The molecule has 304 valence electrons. The van der Waals surface area contributed by atoms with E-state index in [1.807, 2.05) is 60.7 Å². The zero-order valence-corrected chi connectivity index (χ0v) is 36.1. The first-order chi connectivity index (χ1) is 33.1. The van der Waals surface area contributed by atoms with Crippen molar-refractivity contribution >= 4 is 63.3 Å². The third-order valence-electron chi connectivity index (χ3n) is 14.3. The van der Waals surface area contributed by atoms with Crippen molar-refractivity contribution in [1.82, 2.24) is 15.0 Å². The van der Waals surface area contributed by atoms with Crippen molar-refractivity contribution < 1.29 is 0 Å². The van der Waals surface area contributed by atoms with Gasteiger partial charge in [0.1, 0.15) is 0 Å². The third-order valence-corrected chi connectivity index (χ3v) is 14.3. The lowest BCUT2D eigenvalue weighted by molar-refractivity contribution is 1.07. The first-order valence-corrected chi connectivity index (χ1v) is 22.7. The van der Waals surface area contributed by atoms with E-state index in [9.17, 15) is 0 Å². The molecule has 0 amide bonds. The van der Waals surface area contributed by atoms with E-state index in [0.717, 1.165) is 38.9 Å². The standard InChI is InChI=1S/C61H34B2N4/c1-3-37-23-27-39(28-24-37)44-31-33-52-56-54(44)46-19-11-13-21-48(46)62(56)50-35-43(61-65-59(41-15-7-5-8-16-41)64-60(66-61)42-17-9-6-10-18-42)36-51-58(50)67(52)53-34-32-45(40-29-25-38(4-2)26-30-40)55-47-20-12-14-22-49(47)63(51)57(53)55/h1-2,5-36H. The first-order valence-electron chi connectivity index (χ1n) is 22.7. The fraction of sp³-hybridized carbons (Fsp3) is 0. The monoisotopic (exact) mass is 844 g/mol. The average Bonchev–Trinajstić information content (AvgIpc) is 3.94. The van der Waals surface area contributed by atoms with Crippen LogP contribution < -0.4 is 37.7 Å². The van der Waals surface area contributed by atoms with Gasteiger partial charge in [0.05, 0.1) is 0 Å². The normalized spacial score (nSPS) is 12.7. The van der Waals surface area contributed by atoms with Gasteiger partial charge in [0.15, 0.2) is 17.5 Å². The van der Waals surface area contributed by atoms with Crippen LogP contribution in [0.1, 0.15) is 11.1 Å². The Morgan fingerprint density at radius 2 is 0.761 bits per heavy atom. The number of hydrogen-bond acceptors (Lipinski definition) is 4. The van der Waals surface area contributed by atoms with E-state index in [1.54, 1.807) is 0 Å². The summed E-state index contributed by atoms with van der Waals surface area (Å²) in [5.41, 5.74) is 25.5. The van der Waals surface area contributed by atoms with Crippen molar-refractivity contribution in [3.05, 3.63) is 205 Å². The Morgan fingerprint density at radius 3 is 1.19 bits per heavy atom. The minimum absolute atomic E-state index is 0.0493. The van der Waals surface area contributed by atoms with Crippen molar-refractivity contribution in [3.63, 3.8) is 0 Å². The zero-order valence-electron chi connectivity index (χ0n) is 36.1. The van der Waals surface area contributed by atoms with E-state index in [0.29, 0.717) is 17.5 Å². The molecule has 0 aliphatic carbocycles. The van der Waals surface area contributed by atoms with Crippen LogP contribution in [-0.4, -0.2) is 28.4 Å². The molecule has 0 N–H and O–H groups in total. The van der Waals surface area contributed by atoms with Crippen LogP contribution in [0.2, 0.25) is 0 Å². The Kier molecular flexibility index (Phi) is 7.97. The maximum absolute atomic E-state index is 5.85. The molecule has 0 fully saturated rings. The summed E-state index contributed by atoms with van der Waals surface area (Å²) >= 11 is 0. The van der Waals surface area contributed by atoms with E-state index in [-0.39, 0.29) is 13.4 Å². The van der Waals surface area contributed by atoms with Crippen molar-refractivity contribution in [1.29, 1.82) is 0 Å². The van der Waals surface area contributed by atoms with Crippen LogP contribution in [-0.2, 0) is 0 Å². The molecular formula is C61H34B2N4. The molecule has 67 heavy (non-hydrogen) atoms. The summed E-state index contributed by atoms with van der Waals surface area (Å²) in [6, 6.07) is 69.4. The van der Waals surface area contributed by atoms with E-state index in [4.69, 9.17) is 27.8 Å². The highest BCUT2D eigenvalue weighted by Crippen LogP contribution is 2.48. The zero-order chi connectivity index (χ0) is 44.3. The fourth-order valence-corrected chi connectivity index (χ4v) is 11.5. The van der Waals surface area contributed by atoms with Crippen LogP contribution in [0.25, 0.3) is 78.7 Å². The molecular weight excluding hydrogens is 810 g/mol. The lowest BCUT2D eigenvalue weighted by atomic mass is 9.32. The highest BCUT2D eigenvalue weighted by Gasteiger charge is 2.50. The molecule has 0 saturated carbocycles. The smallest absolute Gasteiger partial charge is 0.248 e. The molecule has 0 atom stereocenters. The summed E-state index contributed by atoms with van der Waals surface area (Å²) in [5, 5.41) is 0. The van der Waals surface area contributed by atoms with Crippen molar-refractivity contribution in [3.8, 4) is 103 Å². The Morgan fingerprint density at radius 1 is 0.358 bits per heavy atom. The molecule has 1 aromatic heterocycles. The number of hydrogen-bond donors (Lipinski definition) is 0. The van der Waals surface area contributed by atoms with E-state index >= 15 is 0 Å². The molecule has 14 rings (SSSR count). The average molecular weight is 845 g/mol. The van der Waals surface area contributed by atoms with Crippen LogP contribution >= 0.6 is 0 Å². The topological polar surface area (TPSA) is 41.9 Å². The van der Waals surface area contributed by atoms with Gasteiger partial charge in [-0.15, -0.1) is 12.8 Å². The second-order valence-corrected chi connectivity index (χ2v) is 17.7. The van der Waals surface area contributed by atoms with Crippen LogP contribution in [0.15, 0.2) is 194 Å². The lowest BCUT2D eigenvalue weighted by Gasteiger charge is -2.43. The van der Waals surface area contributed by atoms with Crippen LogP contribution in [0.5, 0.6) is 0 Å². The quantitative estimate of drug-likeness (QED) is 0.128. The molecule has 0 saturated heterocycles. The number of anilines is 3. The summed E-state index contributed by atoms with van der Waals surface area (Å²) < 4.78 is 0. The minimum atomic E-state index is -0.0493. The maximum atomic E-state index is 5.85. The third kappa shape index (κ3) is 5.39. The molecule has 0 spiro atoms.